The number of nitrogens with zero attached hydrogens (tertiary/aromatic N) is 1. The maximum Gasteiger partial charge on any atom is 0.229 e. The quantitative estimate of drug-likeness (QED) is 0.700. The van der Waals surface area contributed by atoms with Gasteiger partial charge in [-0.2, -0.15) is 0 Å². The number of fused-ring (bicyclic) bond motifs is 2. The molecule has 0 aromatic heterocycles. The number of hydrogen-bond acceptors (Lipinski definition) is 7. The summed E-state index contributed by atoms with van der Waals surface area (Å²) in [4.78, 5) is 29.4. The summed E-state index contributed by atoms with van der Waals surface area (Å²) in [5.74, 6) is 1.50. The smallest absolute Gasteiger partial charge is 0.229 e. The molecule has 5 heterocycles. The van der Waals surface area contributed by atoms with Gasteiger partial charge in [0.2, 0.25) is 5.91 Å². The van der Waals surface area contributed by atoms with Gasteiger partial charge in [0.15, 0.2) is 11.5 Å². The van der Waals surface area contributed by atoms with Crippen LogP contribution < -0.4 is 19.7 Å². The molecule has 1 spiro atoms. The lowest BCUT2D eigenvalue weighted by atomic mass is 9.54. The van der Waals surface area contributed by atoms with Crippen molar-refractivity contribution in [3.8, 4) is 11.5 Å². The van der Waals surface area contributed by atoms with Gasteiger partial charge in [0, 0.05) is 30.9 Å². The summed E-state index contributed by atoms with van der Waals surface area (Å²) in [6.45, 7) is 1.92. The first-order valence-corrected chi connectivity index (χ1v) is 11.2. The molecule has 1 N–H and O–H groups in total. The molecule has 31 heavy (non-hydrogen) atoms. The van der Waals surface area contributed by atoms with Gasteiger partial charge in [-0.15, -0.1) is 0 Å². The predicted molar refractivity (Wildman–Crippen MR) is 109 cm³/mol. The molecule has 0 unspecified atom stereocenters. The fourth-order valence-electron chi connectivity index (χ4n) is 7.56. The average molecular weight is 426 g/mol. The van der Waals surface area contributed by atoms with E-state index in [4.69, 9.17) is 18.9 Å². The second kappa shape index (κ2) is 5.79. The van der Waals surface area contributed by atoms with Crippen molar-refractivity contribution < 1.29 is 28.5 Å². The van der Waals surface area contributed by atoms with Crippen LogP contribution in [-0.4, -0.2) is 69.5 Å². The number of methoxy groups -OCH3 is 2. The van der Waals surface area contributed by atoms with Gasteiger partial charge in [0.1, 0.15) is 17.5 Å². The SMILES string of the molecule is COc1cc2c(cc1OC)[C@@]13CCNC[C@@]45O[C@@H]4CO[C@@H]4CC(=O)N2[C@H]1[C@H]4[C@H]5CC3=O. The predicted octanol–water partition coefficient (Wildman–Crippen LogP) is 0.795. The Hall–Kier alpha value is -2.16. The third-order valence-electron chi connectivity index (χ3n) is 8.87. The van der Waals surface area contributed by atoms with Crippen molar-refractivity contribution in [3.63, 3.8) is 0 Å². The van der Waals surface area contributed by atoms with E-state index in [0.29, 0.717) is 43.9 Å². The Morgan fingerprint density at radius 1 is 1.16 bits per heavy atom. The Labute approximate surface area is 180 Å². The van der Waals surface area contributed by atoms with Crippen LogP contribution >= 0.6 is 0 Å². The second-order valence-electron chi connectivity index (χ2n) is 9.78. The van der Waals surface area contributed by atoms with E-state index >= 15 is 0 Å². The summed E-state index contributed by atoms with van der Waals surface area (Å²) in [5.41, 5.74) is 0.554. The largest absolute Gasteiger partial charge is 0.493 e. The Morgan fingerprint density at radius 3 is 2.77 bits per heavy atom. The third-order valence-corrected chi connectivity index (χ3v) is 8.87. The van der Waals surface area contributed by atoms with Crippen LogP contribution in [0, 0.1) is 11.8 Å². The van der Waals surface area contributed by atoms with Gasteiger partial charge < -0.3 is 29.2 Å². The Balaban J connectivity index is 1.51. The topological polar surface area (TPSA) is 89.6 Å². The summed E-state index contributed by atoms with van der Waals surface area (Å²) >= 11 is 0. The van der Waals surface area contributed by atoms with Crippen molar-refractivity contribution in [2.45, 2.75) is 48.5 Å². The lowest BCUT2D eigenvalue weighted by Crippen LogP contribution is -2.67. The highest BCUT2D eigenvalue weighted by molar-refractivity contribution is 6.06. The highest BCUT2D eigenvalue weighted by Crippen LogP contribution is 2.65. The summed E-state index contributed by atoms with van der Waals surface area (Å²) in [7, 11) is 3.19. The van der Waals surface area contributed by atoms with Gasteiger partial charge in [0.25, 0.3) is 0 Å². The molecule has 7 atom stereocenters. The standard InChI is InChI=1S/C23H26N2O6/c1-28-14-5-11-13(7-15(14)29-2)25-19(27)8-16-20-12-6-17(26)22(11,21(20)25)3-4-24-10-23(12)18(31-23)9-30-16/h5,7,12,16,18,20-21,24H,3-4,6,8-10H2,1-2H3/t12-,16-,18-,20+,21+,22-,23+/m1/s1. The number of Topliss-reactive ketones (excluding diaryl/α,β-unsaturated/α-hetero) is 1. The van der Waals surface area contributed by atoms with Crippen LogP contribution in [0.5, 0.6) is 11.5 Å². The number of amides is 1. The number of carbonyl (C=O) groups is 2. The summed E-state index contributed by atoms with van der Waals surface area (Å²) in [6.07, 6.45) is 1.28. The number of ketones is 1. The number of epoxide rings is 1. The summed E-state index contributed by atoms with van der Waals surface area (Å²) in [5, 5.41) is 3.57. The molecule has 8 nitrogen and oxygen atoms in total. The molecule has 8 heteroatoms. The van der Waals surface area contributed by atoms with E-state index in [1.165, 1.54) is 0 Å². The van der Waals surface area contributed by atoms with Gasteiger partial charge in [-0.05, 0) is 24.6 Å². The number of rotatable bonds is 2. The van der Waals surface area contributed by atoms with E-state index < -0.39 is 5.41 Å². The fourth-order valence-corrected chi connectivity index (χ4v) is 7.56. The van der Waals surface area contributed by atoms with Crippen molar-refractivity contribution in [2.75, 3.05) is 38.8 Å². The van der Waals surface area contributed by atoms with Crippen LogP contribution in [0.2, 0.25) is 0 Å². The van der Waals surface area contributed by atoms with Crippen molar-refractivity contribution in [1.29, 1.82) is 0 Å². The van der Waals surface area contributed by atoms with E-state index in [1.54, 1.807) is 14.2 Å². The lowest BCUT2D eigenvalue weighted by molar-refractivity contribution is -0.144. The number of hydrogen-bond donors (Lipinski definition) is 1. The van der Waals surface area contributed by atoms with Crippen LogP contribution in [-0.2, 0) is 24.5 Å². The number of nitrogens with one attached hydrogen (secondary N) is 1. The first-order chi connectivity index (χ1) is 15.0. The maximum absolute atomic E-state index is 14.1. The highest BCUT2D eigenvalue weighted by Gasteiger charge is 2.75. The van der Waals surface area contributed by atoms with Crippen molar-refractivity contribution >= 4 is 17.4 Å². The average Bonchev–Trinajstić information content (AvgIpc) is 3.39. The lowest BCUT2D eigenvalue weighted by Gasteiger charge is -2.53. The Morgan fingerprint density at radius 2 is 1.97 bits per heavy atom. The minimum Gasteiger partial charge on any atom is -0.493 e. The fraction of sp³-hybridized carbons (Fsp3) is 0.652. The minimum atomic E-state index is -0.763. The van der Waals surface area contributed by atoms with Crippen LogP contribution in [0.4, 0.5) is 5.69 Å². The molecule has 4 bridgehead atoms. The van der Waals surface area contributed by atoms with E-state index in [-0.39, 0.29) is 47.4 Å². The molecule has 1 saturated carbocycles. The summed E-state index contributed by atoms with van der Waals surface area (Å²) < 4.78 is 23.7. The zero-order valence-electron chi connectivity index (χ0n) is 17.7. The molecule has 4 saturated heterocycles. The minimum absolute atomic E-state index is 0.00141. The molecular formula is C23H26N2O6. The van der Waals surface area contributed by atoms with E-state index in [2.05, 4.69) is 5.32 Å². The van der Waals surface area contributed by atoms with Crippen LogP contribution in [0.25, 0.3) is 0 Å². The number of piperidine rings is 1. The van der Waals surface area contributed by atoms with Gasteiger partial charge in [-0.3, -0.25) is 9.59 Å². The van der Waals surface area contributed by atoms with Crippen molar-refractivity contribution in [1.82, 2.24) is 5.32 Å². The zero-order chi connectivity index (χ0) is 21.1. The van der Waals surface area contributed by atoms with E-state index in [0.717, 1.165) is 17.8 Å². The Kier molecular flexibility index (Phi) is 3.44. The van der Waals surface area contributed by atoms with Crippen molar-refractivity contribution in [2.24, 2.45) is 11.8 Å². The molecule has 5 aliphatic heterocycles. The zero-order valence-corrected chi connectivity index (χ0v) is 17.7. The highest BCUT2D eigenvalue weighted by atomic mass is 16.6. The van der Waals surface area contributed by atoms with Gasteiger partial charge >= 0.3 is 0 Å². The molecule has 1 aliphatic carbocycles. The third kappa shape index (κ3) is 1.98. The van der Waals surface area contributed by atoms with Crippen LogP contribution in [0.15, 0.2) is 12.1 Å². The molecule has 5 fully saturated rings. The number of carbonyl (C=O) groups excluding carboxylic acids is 2. The molecule has 6 aliphatic rings. The van der Waals surface area contributed by atoms with E-state index in [1.807, 2.05) is 17.0 Å². The molecule has 1 amide bonds. The maximum atomic E-state index is 14.1. The van der Waals surface area contributed by atoms with Gasteiger partial charge in [-0.25, -0.2) is 0 Å². The number of benzene rings is 1. The van der Waals surface area contributed by atoms with Gasteiger partial charge in [-0.1, -0.05) is 0 Å². The van der Waals surface area contributed by atoms with E-state index in [9.17, 15) is 9.59 Å². The Bertz CT molecular complexity index is 1030. The molecular weight excluding hydrogens is 400 g/mol. The van der Waals surface area contributed by atoms with Gasteiger partial charge in [0.05, 0.1) is 50.5 Å². The van der Waals surface area contributed by atoms with Crippen molar-refractivity contribution in [3.05, 3.63) is 17.7 Å². The second-order valence-corrected chi connectivity index (χ2v) is 9.78. The summed E-state index contributed by atoms with van der Waals surface area (Å²) in [6, 6.07) is 3.54. The molecule has 164 valence electrons. The molecule has 1 aromatic rings. The molecule has 0 radical (unpaired) electrons. The first kappa shape index (κ1) is 18.4. The molecule has 1 aromatic carbocycles. The normalized spacial score (nSPS) is 43.9. The number of anilines is 1. The monoisotopic (exact) mass is 426 g/mol. The molecule has 7 rings (SSSR count). The number of ether oxygens (including phenoxy) is 4. The van der Waals surface area contributed by atoms with Crippen LogP contribution in [0.1, 0.15) is 24.8 Å². The first-order valence-electron chi connectivity index (χ1n) is 11.2. The van der Waals surface area contributed by atoms with Crippen LogP contribution in [0.3, 0.4) is 0 Å².